The van der Waals surface area contributed by atoms with Crippen molar-refractivity contribution < 1.29 is 43.5 Å². The normalized spacial score (nSPS) is 14.7. The van der Waals surface area contributed by atoms with E-state index in [1.807, 2.05) is 18.2 Å². The number of aliphatic hydroxyl groups excluding tert-OH is 1. The molecule has 2 atom stereocenters. The molecule has 0 spiro atoms. The van der Waals surface area contributed by atoms with Crippen LogP contribution in [-0.2, 0) is 28.2 Å². The first-order valence-electron chi connectivity index (χ1n) is 21.4. The van der Waals surface area contributed by atoms with E-state index in [4.69, 9.17) is 14.2 Å². The maximum atomic E-state index is 15.6. The van der Waals surface area contributed by atoms with Gasteiger partial charge in [0.1, 0.15) is 11.5 Å². The number of benzene rings is 5. The van der Waals surface area contributed by atoms with Crippen LogP contribution in [-0.4, -0.2) is 83.6 Å². The third-order valence-corrected chi connectivity index (χ3v) is 11.6. The number of rotatable bonds is 19. The Labute approximate surface area is 370 Å². The molecule has 334 valence electrons. The third kappa shape index (κ3) is 10.8. The van der Waals surface area contributed by atoms with Crippen LogP contribution in [0.2, 0.25) is 0 Å². The van der Waals surface area contributed by atoms with Crippen molar-refractivity contribution in [2.45, 2.75) is 44.1 Å². The first kappa shape index (κ1) is 45.4. The fourth-order valence-corrected chi connectivity index (χ4v) is 8.04. The quantitative estimate of drug-likeness (QED) is 0.0409. The van der Waals surface area contributed by atoms with E-state index in [1.165, 1.54) is 36.9 Å². The molecule has 1 fully saturated rings. The Morgan fingerprint density at radius 2 is 1.66 bits per heavy atom. The maximum absolute atomic E-state index is 15.6. The number of esters is 1. The average molecular weight is 873 g/mol. The monoisotopic (exact) mass is 872 g/mol. The zero-order valence-electron chi connectivity index (χ0n) is 35.6. The summed E-state index contributed by atoms with van der Waals surface area (Å²) >= 11 is 0. The number of H-pyrrole nitrogens is 1. The molecule has 0 saturated carbocycles. The van der Waals surface area contributed by atoms with Crippen LogP contribution in [0.5, 0.6) is 17.2 Å². The molecule has 1 aliphatic rings. The van der Waals surface area contributed by atoms with Gasteiger partial charge in [-0.3, -0.25) is 14.5 Å². The number of methoxy groups -OCH3 is 1. The molecule has 7 rings (SSSR count). The summed E-state index contributed by atoms with van der Waals surface area (Å²) in [5.41, 5.74) is 0.338. The highest BCUT2D eigenvalue weighted by molar-refractivity contribution is 5.95. The minimum atomic E-state index is -2.09. The first-order valence-corrected chi connectivity index (χ1v) is 21.4. The molecule has 14 heteroatoms. The first-order chi connectivity index (χ1) is 31.0. The molecule has 0 radical (unpaired) electrons. The molecule has 1 saturated heterocycles. The van der Waals surface area contributed by atoms with Gasteiger partial charge < -0.3 is 45.1 Å². The predicted molar refractivity (Wildman–Crippen MR) is 240 cm³/mol. The lowest BCUT2D eigenvalue weighted by atomic mass is 9.86. The third-order valence-electron chi connectivity index (χ3n) is 11.6. The molecular formula is C50H53FN4O9. The van der Waals surface area contributed by atoms with Crippen LogP contribution in [0.4, 0.5) is 4.39 Å². The second-order valence-corrected chi connectivity index (χ2v) is 15.9. The summed E-state index contributed by atoms with van der Waals surface area (Å²) in [4.78, 5) is 43.6. The fourth-order valence-electron chi connectivity index (χ4n) is 8.04. The van der Waals surface area contributed by atoms with Crippen molar-refractivity contribution in [2.24, 2.45) is 5.92 Å². The second-order valence-electron chi connectivity index (χ2n) is 15.9. The van der Waals surface area contributed by atoms with Crippen molar-refractivity contribution in [3.05, 3.63) is 171 Å². The Morgan fingerprint density at radius 3 is 2.41 bits per heavy atom. The van der Waals surface area contributed by atoms with Gasteiger partial charge in [0.2, 0.25) is 11.2 Å². The molecule has 1 amide bonds. The molecule has 64 heavy (non-hydrogen) atoms. The van der Waals surface area contributed by atoms with Gasteiger partial charge in [-0.05, 0) is 85.3 Å². The number of aliphatic hydroxyl groups is 2. The van der Waals surface area contributed by atoms with E-state index in [9.17, 15) is 29.7 Å². The van der Waals surface area contributed by atoms with E-state index >= 15 is 4.39 Å². The Morgan fingerprint density at radius 1 is 0.922 bits per heavy atom. The molecule has 1 aliphatic heterocycles. The number of hydrogen-bond acceptors (Lipinski definition) is 11. The lowest BCUT2D eigenvalue weighted by molar-refractivity contribution is -0.164. The number of amides is 1. The number of hydrogen-bond donors (Lipinski definition) is 6. The molecule has 1 aromatic heterocycles. The number of likely N-dealkylation sites (tertiary alicyclic amines) is 1. The number of aromatic hydroxyl groups is 1. The summed E-state index contributed by atoms with van der Waals surface area (Å²) in [7, 11) is 1.30. The van der Waals surface area contributed by atoms with Gasteiger partial charge in [0, 0.05) is 48.8 Å². The van der Waals surface area contributed by atoms with E-state index in [1.54, 1.807) is 66.7 Å². The number of piperidine rings is 1. The molecule has 5 aromatic carbocycles. The number of carbonyl (C=O) groups is 2. The number of nitrogens with zero attached hydrogens (tertiary/aromatic N) is 1. The topological polar surface area (TPSA) is 183 Å². The highest BCUT2D eigenvalue weighted by atomic mass is 19.1. The summed E-state index contributed by atoms with van der Waals surface area (Å²) in [6.45, 7) is 3.34. The maximum Gasteiger partial charge on any atom is 0.347 e. The summed E-state index contributed by atoms with van der Waals surface area (Å²) in [5.74, 6) is -1.92. The minimum Gasteiger partial charge on any atom is -0.506 e. The van der Waals surface area contributed by atoms with Gasteiger partial charge in [0.05, 0.1) is 37.5 Å². The van der Waals surface area contributed by atoms with Crippen LogP contribution in [0.15, 0.2) is 126 Å². The summed E-state index contributed by atoms with van der Waals surface area (Å²) in [6, 6.07) is 34.4. The summed E-state index contributed by atoms with van der Waals surface area (Å²) < 4.78 is 32.8. The molecule has 2 heterocycles. The molecule has 13 nitrogen and oxygen atoms in total. The number of aromatic amines is 1. The number of fused-ring (bicyclic) bond motifs is 1. The number of phenols is 1. The van der Waals surface area contributed by atoms with Crippen molar-refractivity contribution >= 4 is 22.8 Å². The number of phenolic OH excluding ortho intramolecular Hbond substituents is 1. The Balaban J connectivity index is 0.895. The van der Waals surface area contributed by atoms with Crippen molar-refractivity contribution in [2.75, 3.05) is 46.5 Å². The van der Waals surface area contributed by atoms with Gasteiger partial charge in [0.25, 0.3) is 5.91 Å². The molecule has 6 aromatic rings. The number of aromatic nitrogens is 1. The Hall–Kier alpha value is -6.58. The smallest absolute Gasteiger partial charge is 0.347 e. The standard InChI is InChI=1S/C50H53FN4O9/c1-62-47-35(29-52-30-43(57)39-18-20-42(56)46-40(39)19-21-44(58)54-46)16-17-41(45(47)51)48(59)53-24-9-27-63-38-15-8-14-37(28-38)50(61,36-12-6-3-7-13-36)49(60)64-32-34-22-25-55(26-23-34)31-33-10-4-2-5-11-33/h2-8,10-21,28,34,43,52,56-57,61H,9,22-27,29-32H2,1H3,(H,53,59)(H,54,58)/t43-,50-/m0/s1. The van der Waals surface area contributed by atoms with Crippen molar-refractivity contribution in [3.63, 3.8) is 0 Å². The molecular weight excluding hydrogens is 820 g/mol. The zero-order chi connectivity index (χ0) is 45.1. The van der Waals surface area contributed by atoms with Crippen LogP contribution in [0.1, 0.15) is 63.5 Å². The summed E-state index contributed by atoms with van der Waals surface area (Å²) in [5, 5.41) is 39.5. The van der Waals surface area contributed by atoms with Crippen molar-refractivity contribution in [1.82, 2.24) is 20.5 Å². The van der Waals surface area contributed by atoms with Gasteiger partial charge in [-0.25, -0.2) is 9.18 Å². The SMILES string of the molecule is COc1c(CNC[C@H](O)c2ccc(O)c3[nH]c(=O)ccc23)ccc(C(=O)NCCCOc2cccc([C@](O)(C(=O)OCC3CCN(Cc4ccccc4)CC3)c3ccccc3)c2)c1F. The lowest BCUT2D eigenvalue weighted by Crippen LogP contribution is -2.40. The van der Waals surface area contributed by atoms with E-state index in [2.05, 4.69) is 32.7 Å². The van der Waals surface area contributed by atoms with E-state index in [0.29, 0.717) is 34.2 Å². The van der Waals surface area contributed by atoms with Gasteiger partial charge >= 0.3 is 5.97 Å². The average Bonchev–Trinajstić information content (AvgIpc) is 3.31. The van der Waals surface area contributed by atoms with Gasteiger partial charge in [-0.1, -0.05) is 84.9 Å². The van der Waals surface area contributed by atoms with E-state index in [0.717, 1.165) is 32.5 Å². The number of pyridine rings is 1. The summed E-state index contributed by atoms with van der Waals surface area (Å²) in [6.07, 6.45) is 1.09. The van der Waals surface area contributed by atoms with Crippen molar-refractivity contribution in [3.8, 4) is 17.2 Å². The van der Waals surface area contributed by atoms with Crippen LogP contribution in [0, 0.1) is 11.7 Å². The lowest BCUT2D eigenvalue weighted by Gasteiger charge is -2.33. The highest BCUT2D eigenvalue weighted by Crippen LogP contribution is 2.34. The van der Waals surface area contributed by atoms with Crippen LogP contribution in [0.25, 0.3) is 10.9 Å². The van der Waals surface area contributed by atoms with Crippen LogP contribution < -0.4 is 25.7 Å². The Kier molecular flexibility index (Phi) is 15.0. The fraction of sp³-hybridized carbons (Fsp3) is 0.300. The number of nitrogens with one attached hydrogen (secondary N) is 3. The number of carbonyl (C=O) groups excluding carboxylic acids is 2. The molecule has 0 bridgehead atoms. The van der Waals surface area contributed by atoms with Crippen LogP contribution in [0.3, 0.4) is 0 Å². The van der Waals surface area contributed by atoms with E-state index < -0.39 is 29.4 Å². The molecule has 0 aliphatic carbocycles. The highest BCUT2D eigenvalue weighted by Gasteiger charge is 2.42. The largest absolute Gasteiger partial charge is 0.506 e. The van der Waals surface area contributed by atoms with Crippen molar-refractivity contribution in [1.29, 1.82) is 0 Å². The van der Waals surface area contributed by atoms with Gasteiger partial charge in [-0.15, -0.1) is 0 Å². The van der Waals surface area contributed by atoms with Crippen LogP contribution >= 0.6 is 0 Å². The van der Waals surface area contributed by atoms with E-state index in [-0.39, 0.29) is 72.5 Å². The zero-order valence-corrected chi connectivity index (χ0v) is 35.6. The predicted octanol–water partition coefficient (Wildman–Crippen LogP) is 6.09. The Bertz CT molecular complexity index is 2580. The number of halogens is 1. The number of ether oxygens (including phenoxy) is 3. The second kappa shape index (κ2) is 21.2. The van der Waals surface area contributed by atoms with Gasteiger partial charge in [-0.2, -0.15) is 0 Å². The molecule has 0 unspecified atom stereocenters. The molecule has 6 N–H and O–H groups in total. The minimum absolute atomic E-state index is 0.0504. The van der Waals surface area contributed by atoms with Gasteiger partial charge in [0.15, 0.2) is 11.6 Å².